The van der Waals surface area contributed by atoms with Gasteiger partial charge in [0.2, 0.25) is 10.0 Å². The highest BCUT2D eigenvalue weighted by Gasteiger charge is 2.28. The molecule has 1 saturated heterocycles. The molecule has 1 fully saturated rings. The summed E-state index contributed by atoms with van der Waals surface area (Å²) in [6.07, 6.45) is 2.90. The Morgan fingerprint density at radius 3 is 2.73 bits per heavy atom. The molecule has 0 radical (unpaired) electrons. The number of para-hydroxylation sites is 1. The number of hydrogen-bond acceptors (Lipinski definition) is 4. The molecule has 0 amide bonds. The molecule has 0 aliphatic carbocycles. The molecule has 0 bridgehead atoms. The third-order valence-corrected chi connectivity index (χ3v) is 6.18. The fourth-order valence-corrected chi connectivity index (χ4v) is 3.88. The number of sulfonamides is 1. The number of ether oxygens (including phenoxy) is 1. The van der Waals surface area contributed by atoms with Gasteiger partial charge in [-0.05, 0) is 38.4 Å². The summed E-state index contributed by atoms with van der Waals surface area (Å²) < 4.78 is 30.5. The highest BCUT2D eigenvalue weighted by atomic mass is 32.2. The molecule has 0 spiro atoms. The molecule has 0 unspecified atom stereocenters. The second-order valence-corrected chi connectivity index (χ2v) is 8.19. The Hall–Kier alpha value is -1.11. The van der Waals surface area contributed by atoms with Crippen LogP contribution < -0.4 is 4.74 Å². The first-order valence-electron chi connectivity index (χ1n) is 7.73. The van der Waals surface area contributed by atoms with Crippen LogP contribution in [0.4, 0.5) is 0 Å². The zero-order chi connectivity index (χ0) is 16.2. The maximum Gasteiger partial charge on any atom is 0.213 e. The first-order chi connectivity index (χ1) is 10.5. The van der Waals surface area contributed by atoms with Crippen LogP contribution in [0, 0.1) is 0 Å². The molecule has 6 heteroatoms. The maximum absolute atomic E-state index is 11.8. The van der Waals surface area contributed by atoms with Crippen LogP contribution in [-0.2, 0) is 10.0 Å². The number of methoxy groups -OCH3 is 1. The topological polar surface area (TPSA) is 49.9 Å². The van der Waals surface area contributed by atoms with Gasteiger partial charge < -0.3 is 4.74 Å². The quantitative estimate of drug-likeness (QED) is 0.770. The van der Waals surface area contributed by atoms with E-state index >= 15 is 0 Å². The van der Waals surface area contributed by atoms with Gasteiger partial charge in [0.25, 0.3) is 0 Å². The van der Waals surface area contributed by atoms with E-state index in [4.69, 9.17) is 4.74 Å². The van der Waals surface area contributed by atoms with E-state index in [1.807, 2.05) is 18.2 Å². The van der Waals surface area contributed by atoms with E-state index in [-0.39, 0.29) is 5.75 Å². The minimum Gasteiger partial charge on any atom is -0.496 e. The van der Waals surface area contributed by atoms with Gasteiger partial charge in [-0.1, -0.05) is 18.2 Å². The molecule has 1 heterocycles. The van der Waals surface area contributed by atoms with Crippen molar-refractivity contribution in [3.05, 3.63) is 29.8 Å². The molecule has 5 nitrogen and oxygen atoms in total. The van der Waals surface area contributed by atoms with Gasteiger partial charge in [-0.3, -0.25) is 4.90 Å². The third kappa shape index (κ3) is 4.00. The average Bonchev–Trinajstić information content (AvgIpc) is 2.95. The minimum absolute atomic E-state index is 0.204. The first-order valence-corrected chi connectivity index (χ1v) is 9.34. The van der Waals surface area contributed by atoms with E-state index in [0.717, 1.165) is 31.7 Å². The molecule has 124 valence electrons. The van der Waals surface area contributed by atoms with E-state index in [0.29, 0.717) is 12.5 Å². The highest BCUT2D eigenvalue weighted by molar-refractivity contribution is 7.89. The molecule has 1 aromatic carbocycles. The smallest absolute Gasteiger partial charge is 0.213 e. The standard InChI is InChI=1S/C16H26N2O3S/c1-17(2)22(19,20)13-7-12-18-11-6-9-15(18)14-8-4-5-10-16(14)21-3/h4-5,8,10,15H,6-7,9,11-13H2,1-3H3/t15-/m0/s1. The monoisotopic (exact) mass is 326 g/mol. The lowest BCUT2D eigenvalue weighted by atomic mass is 10.0. The van der Waals surface area contributed by atoms with Crippen LogP contribution >= 0.6 is 0 Å². The molecule has 22 heavy (non-hydrogen) atoms. The van der Waals surface area contributed by atoms with E-state index in [1.165, 1.54) is 9.87 Å². The SMILES string of the molecule is COc1ccccc1[C@@H]1CCCN1CCCS(=O)(=O)N(C)C. The lowest BCUT2D eigenvalue weighted by molar-refractivity contribution is 0.252. The van der Waals surface area contributed by atoms with Crippen LogP contribution in [0.1, 0.15) is 30.9 Å². The Bertz CT molecular complexity index is 587. The molecule has 2 rings (SSSR count). The Morgan fingerprint density at radius 2 is 2.05 bits per heavy atom. The maximum atomic E-state index is 11.8. The summed E-state index contributed by atoms with van der Waals surface area (Å²) in [7, 11) is 1.77. The average molecular weight is 326 g/mol. The summed E-state index contributed by atoms with van der Waals surface area (Å²) in [5.41, 5.74) is 1.21. The van der Waals surface area contributed by atoms with Crippen molar-refractivity contribution in [1.82, 2.24) is 9.21 Å². The Morgan fingerprint density at radius 1 is 1.32 bits per heavy atom. The van der Waals surface area contributed by atoms with Crippen LogP contribution in [-0.4, -0.2) is 57.7 Å². The molecular formula is C16H26N2O3S. The highest BCUT2D eigenvalue weighted by Crippen LogP contribution is 2.36. The van der Waals surface area contributed by atoms with Crippen LogP contribution in [0.3, 0.4) is 0 Å². The fourth-order valence-electron chi connectivity index (χ4n) is 3.02. The van der Waals surface area contributed by atoms with Gasteiger partial charge in [0, 0.05) is 25.7 Å². The summed E-state index contributed by atoms with van der Waals surface area (Å²) in [6.45, 7) is 1.82. The first kappa shape index (κ1) is 17.2. The van der Waals surface area contributed by atoms with Gasteiger partial charge in [-0.25, -0.2) is 12.7 Å². The predicted molar refractivity (Wildman–Crippen MR) is 88.6 cm³/mol. The molecule has 0 aromatic heterocycles. The number of rotatable bonds is 7. The number of likely N-dealkylation sites (tertiary alicyclic amines) is 1. The Kier molecular flexibility index (Phi) is 5.83. The van der Waals surface area contributed by atoms with Gasteiger partial charge >= 0.3 is 0 Å². The molecule has 1 aliphatic rings. The lowest BCUT2D eigenvalue weighted by Gasteiger charge is -2.26. The minimum atomic E-state index is -3.10. The second-order valence-electron chi connectivity index (χ2n) is 5.89. The van der Waals surface area contributed by atoms with E-state index < -0.39 is 10.0 Å². The van der Waals surface area contributed by atoms with Gasteiger partial charge in [0.05, 0.1) is 12.9 Å². The van der Waals surface area contributed by atoms with Gasteiger partial charge in [0.1, 0.15) is 5.75 Å². The van der Waals surface area contributed by atoms with Crippen molar-refractivity contribution >= 4 is 10.0 Å². The summed E-state index contributed by atoms with van der Waals surface area (Å²) >= 11 is 0. The zero-order valence-corrected chi connectivity index (χ0v) is 14.5. The van der Waals surface area contributed by atoms with Gasteiger partial charge in [-0.2, -0.15) is 0 Å². The molecule has 1 aromatic rings. The van der Waals surface area contributed by atoms with Crippen molar-refractivity contribution in [2.75, 3.05) is 40.0 Å². The normalized spacial score (nSPS) is 19.7. The van der Waals surface area contributed by atoms with Gasteiger partial charge in [-0.15, -0.1) is 0 Å². The lowest BCUT2D eigenvalue weighted by Crippen LogP contribution is -2.29. The van der Waals surface area contributed by atoms with Crippen molar-refractivity contribution in [1.29, 1.82) is 0 Å². The van der Waals surface area contributed by atoms with Crippen LogP contribution in [0.15, 0.2) is 24.3 Å². The van der Waals surface area contributed by atoms with E-state index in [9.17, 15) is 8.42 Å². The van der Waals surface area contributed by atoms with Crippen LogP contribution in [0.25, 0.3) is 0 Å². The van der Waals surface area contributed by atoms with E-state index in [2.05, 4.69) is 11.0 Å². The molecule has 1 aliphatic heterocycles. The molecular weight excluding hydrogens is 300 g/mol. The van der Waals surface area contributed by atoms with E-state index in [1.54, 1.807) is 21.2 Å². The zero-order valence-electron chi connectivity index (χ0n) is 13.7. The van der Waals surface area contributed by atoms with Crippen LogP contribution in [0.2, 0.25) is 0 Å². The molecule has 0 saturated carbocycles. The fraction of sp³-hybridized carbons (Fsp3) is 0.625. The predicted octanol–water partition coefficient (Wildman–Crippen LogP) is 2.11. The molecule has 1 atom stereocenters. The van der Waals surface area contributed by atoms with Crippen LogP contribution in [0.5, 0.6) is 5.75 Å². The number of nitrogens with zero attached hydrogens (tertiary/aromatic N) is 2. The summed E-state index contributed by atoms with van der Waals surface area (Å²) in [5, 5.41) is 0. The third-order valence-electron chi connectivity index (χ3n) is 4.27. The number of benzene rings is 1. The van der Waals surface area contributed by atoms with Crippen molar-refractivity contribution in [2.24, 2.45) is 0 Å². The van der Waals surface area contributed by atoms with Crippen molar-refractivity contribution < 1.29 is 13.2 Å². The number of hydrogen-bond donors (Lipinski definition) is 0. The largest absolute Gasteiger partial charge is 0.496 e. The summed E-state index contributed by atoms with van der Waals surface area (Å²) in [4.78, 5) is 2.38. The summed E-state index contributed by atoms with van der Waals surface area (Å²) in [6, 6.07) is 8.44. The second kappa shape index (κ2) is 7.44. The van der Waals surface area contributed by atoms with Gasteiger partial charge in [0.15, 0.2) is 0 Å². The van der Waals surface area contributed by atoms with Crippen molar-refractivity contribution in [3.8, 4) is 5.75 Å². The summed E-state index contributed by atoms with van der Waals surface area (Å²) in [5.74, 6) is 1.12. The van der Waals surface area contributed by atoms with Crippen molar-refractivity contribution in [2.45, 2.75) is 25.3 Å². The molecule has 0 N–H and O–H groups in total. The van der Waals surface area contributed by atoms with Crippen molar-refractivity contribution in [3.63, 3.8) is 0 Å². The Balaban J connectivity index is 2.00. The Labute approximate surface area is 133 Å².